The summed E-state index contributed by atoms with van der Waals surface area (Å²) in [4.78, 5) is 11.2. The maximum Gasteiger partial charge on any atom is 0.234 e. The van der Waals surface area contributed by atoms with Gasteiger partial charge in [-0.2, -0.15) is 0 Å². The Hall–Kier alpha value is -0.610. The van der Waals surface area contributed by atoms with Crippen molar-refractivity contribution in [2.24, 2.45) is 11.7 Å². The van der Waals surface area contributed by atoms with Crippen LogP contribution in [-0.4, -0.2) is 30.7 Å². The highest BCUT2D eigenvalue weighted by atomic mass is 16.5. The first-order chi connectivity index (χ1) is 7.82. The molecule has 4 heteroatoms. The minimum atomic E-state index is -0.307. The van der Waals surface area contributed by atoms with Crippen molar-refractivity contribution >= 4 is 5.91 Å². The highest BCUT2D eigenvalue weighted by molar-refractivity contribution is 5.79. The summed E-state index contributed by atoms with van der Waals surface area (Å²) < 4.78 is 5.67. The summed E-state index contributed by atoms with van der Waals surface area (Å²) in [6, 6.07) is -0.0400. The summed E-state index contributed by atoms with van der Waals surface area (Å²) in [7, 11) is 0. The predicted molar refractivity (Wildman–Crippen MR) is 70.7 cm³/mol. The summed E-state index contributed by atoms with van der Waals surface area (Å²) >= 11 is 0. The van der Waals surface area contributed by atoms with Crippen molar-refractivity contribution in [3.05, 3.63) is 0 Å². The summed E-state index contributed by atoms with van der Waals surface area (Å²) in [5.41, 5.74) is 5.33. The molecule has 0 radical (unpaired) electrons. The third kappa shape index (κ3) is 9.12. The zero-order chi connectivity index (χ0) is 13.4. The van der Waals surface area contributed by atoms with Crippen LogP contribution in [0.25, 0.3) is 0 Å². The second-order valence-corrected chi connectivity index (χ2v) is 5.38. The highest BCUT2D eigenvalue weighted by Gasteiger charge is 2.16. The lowest BCUT2D eigenvalue weighted by Gasteiger charge is -2.20. The van der Waals surface area contributed by atoms with Gasteiger partial charge in [0.1, 0.15) is 0 Å². The van der Waals surface area contributed by atoms with Crippen LogP contribution in [0.4, 0.5) is 0 Å². The Balaban J connectivity index is 3.85. The lowest BCUT2D eigenvalue weighted by molar-refractivity contribution is -0.120. The molecule has 0 bridgehead atoms. The highest BCUT2D eigenvalue weighted by Crippen LogP contribution is 2.08. The van der Waals surface area contributed by atoms with Crippen LogP contribution < -0.4 is 11.1 Å². The van der Waals surface area contributed by atoms with Gasteiger partial charge in [0.15, 0.2) is 0 Å². The molecule has 2 unspecified atom stereocenters. The van der Waals surface area contributed by atoms with Gasteiger partial charge in [-0.15, -0.1) is 0 Å². The Morgan fingerprint density at radius 1 is 1.24 bits per heavy atom. The summed E-state index contributed by atoms with van der Waals surface area (Å²) in [5.74, 6) is 0.324. The number of hydrogen-bond acceptors (Lipinski definition) is 3. The molecule has 102 valence electrons. The Kier molecular flexibility index (Phi) is 8.17. The molecule has 4 nitrogen and oxygen atoms in total. The molecule has 0 aliphatic heterocycles. The number of nitrogens with one attached hydrogen (secondary N) is 1. The van der Waals surface area contributed by atoms with Crippen molar-refractivity contribution in [3.63, 3.8) is 0 Å². The minimum absolute atomic E-state index is 0.238. The van der Waals surface area contributed by atoms with Gasteiger partial charge >= 0.3 is 0 Å². The van der Waals surface area contributed by atoms with Crippen LogP contribution in [0.3, 0.4) is 0 Å². The van der Waals surface area contributed by atoms with Crippen LogP contribution >= 0.6 is 0 Å². The first-order valence-electron chi connectivity index (χ1n) is 6.49. The Labute approximate surface area is 105 Å². The van der Waals surface area contributed by atoms with Crippen LogP contribution in [0, 0.1) is 5.92 Å². The van der Waals surface area contributed by atoms with Crippen molar-refractivity contribution < 1.29 is 9.53 Å². The molecule has 0 saturated heterocycles. The van der Waals surface area contributed by atoms with E-state index >= 15 is 0 Å². The van der Waals surface area contributed by atoms with Crippen LogP contribution in [-0.2, 0) is 9.53 Å². The largest absolute Gasteiger partial charge is 0.378 e. The number of carbonyl (C=O) groups excluding carboxylic acids is 1. The van der Waals surface area contributed by atoms with Gasteiger partial charge in [-0.25, -0.2) is 0 Å². The smallest absolute Gasteiger partial charge is 0.234 e. The third-order valence-corrected chi connectivity index (χ3v) is 2.49. The Bertz CT molecular complexity index is 217. The molecular weight excluding hydrogens is 216 g/mol. The molecule has 0 aromatic rings. The topological polar surface area (TPSA) is 64.3 Å². The molecule has 0 aromatic heterocycles. The summed E-state index contributed by atoms with van der Waals surface area (Å²) in [5, 5.41) is 3.14. The number of primary amides is 1. The van der Waals surface area contributed by atoms with Gasteiger partial charge in [-0.05, 0) is 25.7 Å². The van der Waals surface area contributed by atoms with Crippen LogP contribution in [0.15, 0.2) is 0 Å². The van der Waals surface area contributed by atoms with Crippen LogP contribution in [0.2, 0.25) is 0 Å². The molecule has 0 heterocycles. The SMILES string of the molecule is CC(C)CC(C)OCCC(NC(C)C)C(N)=O. The lowest BCUT2D eigenvalue weighted by Crippen LogP contribution is -2.45. The van der Waals surface area contributed by atoms with E-state index in [9.17, 15) is 4.79 Å². The zero-order valence-electron chi connectivity index (χ0n) is 11.8. The fourth-order valence-corrected chi connectivity index (χ4v) is 1.83. The molecule has 0 spiro atoms. The van der Waals surface area contributed by atoms with Gasteiger partial charge < -0.3 is 15.8 Å². The van der Waals surface area contributed by atoms with Crippen molar-refractivity contribution in [1.82, 2.24) is 5.32 Å². The maximum absolute atomic E-state index is 11.2. The molecule has 0 aliphatic rings. The second kappa shape index (κ2) is 8.48. The lowest BCUT2D eigenvalue weighted by atomic mass is 10.1. The van der Waals surface area contributed by atoms with Crippen molar-refractivity contribution in [2.45, 2.75) is 65.6 Å². The van der Waals surface area contributed by atoms with Gasteiger partial charge in [0.05, 0.1) is 12.1 Å². The Morgan fingerprint density at radius 3 is 2.24 bits per heavy atom. The molecule has 1 amide bonds. The molecule has 0 aromatic carbocycles. The van der Waals surface area contributed by atoms with E-state index in [1.54, 1.807) is 0 Å². The van der Waals surface area contributed by atoms with E-state index in [0.29, 0.717) is 18.9 Å². The van der Waals surface area contributed by atoms with Crippen molar-refractivity contribution in [3.8, 4) is 0 Å². The molecule has 0 aliphatic carbocycles. The number of carbonyl (C=O) groups is 1. The molecule has 3 N–H and O–H groups in total. The van der Waals surface area contributed by atoms with E-state index in [1.807, 2.05) is 13.8 Å². The molecule has 0 rings (SSSR count). The third-order valence-electron chi connectivity index (χ3n) is 2.49. The monoisotopic (exact) mass is 244 g/mol. The van der Waals surface area contributed by atoms with Crippen molar-refractivity contribution in [1.29, 1.82) is 0 Å². The second-order valence-electron chi connectivity index (χ2n) is 5.38. The first kappa shape index (κ1) is 16.4. The van der Waals surface area contributed by atoms with Gasteiger partial charge in [0, 0.05) is 12.6 Å². The van der Waals surface area contributed by atoms with Gasteiger partial charge in [0.25, 0.3) is 0 Å². The van der Waals surface area contributed by atoms with Gasteiger partial charge in [-0.3, -0.25) is 4.79 Å². The fraction of sp³-hybridized carbons (Fsp3) is 0.923. The van der Waals surface area contributed by atoms with E-state index in [4.69, 9.17) is 10.5 Å². The van der Waals surface area contributed by atoms with E-state index < -0.39 is 0 Å². The van der Waals surface area contributed by atoms with Gasteiger partial charge in [0.2, 0.25) is 5.91 Å². The number of rotatable bonds is 9. The normalized spacial score (nSPS) is 15.2. The van der Waals surface area contributed by atoms with E-state index in [0.717, 1.165) is 6.42 Å². The summed E-state index contributed by atoms with van der Waals surface area (Å²) in [6.45, 7) is 11.0. The average molecular weight is 244 g/mol. The molecule has 17 heavy (non-hydrogen) atoms. The summed E-state index contributed by atoms with van der Waals surface area (Å²) in [6.07, 6.45) is 1.91. The minimum Gasteiger partial charge on any atom is -0.378 e. The number of nitrogens with two attached hydrogens (primary N) is 1. The van der Waals surface area contributed by atoms with E-state index in [1.165, 1.54) is 0 Å². The number of ether oxygens (including phenoxy) is 1. The number of amides is 1. The quantitative estimate of drug-likeness (QED) is 0.648. The maximum atomic E-state index is 11.2. The van der Waals surface area contributed by atoms with Gasteiger partial charge in [-0.1, -0.05) is 27.7 Å². The standard InChI is InChI=1S/C13H28N2O2/c1-9(2)8-11(5)17-7-6-12(13(14)16)15-10(3)4/h9-12,15H,6-8H2,1-5H3,(H2,14,16). The zero-order valence-corrected chi connectivity index (χ0v) is 11.8. The first-order valence-corrected chi connectivity index (χ1v) is 6.49. The Morgan fingerprint density at radius 2 is 1.82 bits per heavy atom. The van der Waals surface area contributed by atoms with E-state index in [2.05, 4.69) is 26.1 Å². The number of hydrogen-bond donors (Lipinski definition) is 2. The van der Waals surface area contributed by atoms with Crippen LogP contribution in [0.1, 0.15) is 47.5 Å². The molecule has 2 atom stereocenters. The molecule has 0 saturated carbocycles. The predicted octanol–water partition coefficient (Wildman–Crippen LogP) is 1.68. The fourth-order valence-electron chi connectivity index (χ4n) is 1.83. The average Bonchev–Trinajstić information content (AvgIpc) is 2.13. The molecule has 0 fully saturated rings. The van der Waals surface area contributed by atoms with E-state index in [-0.39, 0.29) is 24.1 Å². The van der Waals surface area contributed by atoms with Crippen LogP contribution in [0.5, 0.6) is 0 Å². The molecular formula is C13H28N2O2. The van der Waals surface area contributed by atoms with Crippen molar-refractivity contribution in [2.75, 3.05) is 6.61 Å².